The summed E-state index contributed by atoms with van der Waals surface area (Å²) >= 11 is 0. The predicted molar refractivity (Wildman–Crippen MR) is 105 cm³/mol. The van der Waals surface area contributed by atoms with Crippen LogP contribution in [0.1, 0.15) is 57.0 Å². The molecule has 2 aromatic heterocycles. The van der Waals surface area contributed by atoms with Gasteiger partial charge in [0.25, 0.3) is 0 Å². The fraction of sp³-hybridized carbons (Fsp3) is 0.571. The number of ether oxygens (including phenoxy) is 1. The molecule has 6 heteroatoms. The summed E-state index contributed by atoms with van der Waals surface area (Å²) in [6.45, 7) is 9.04. The average molecular weight is 368 g/mol. The Morgan fingerprint density at radius 3 is 2.70 bits per heavy atom. The number of aryl methyl sites for hydroxylation is 1. The molecule has 1 aliphatic heterocycles. The van der Waals surface area contributed by atoms with E-state index in [0.717, 1.165) is 35.8 Å². The van der Waals surface area contributed by atoms with Crippen LogP contribution in [-0.4, -0.2) is 44.3 Å². The molecular formula is C21H28N4O2. The van der Waals surface area contributed by atoms with Gasteiger partial charge in [0, 0.05) is 31.3 Å². The topological polar surface area (TPSA) is 59.7 Å². The van der Waals surface area contributed by atoms with E-state index in [2.05, 4.69) is 39.9 Å². The van der Waals surface area contributed by atoms with Gasteiger partial charge in [0.2, 0.25) is 0 Å². The van der Waals surface area contributed by atoms with E-state index in [4.69, 9.17) is 4.74 Å². The second-order valence-electron chi connectivity index (χ2n) is 8.72. The van der Waals surface area contributed by atoms with Gasteiger partial charge in [-0.15, -0.1) is 10.2 Å². The molecule has 0 atom stereocenters. The summed E-state index contributed by atoms with van der Waals surface area (Å²) < 4.78 is 7.61. The molecule has 1 fully saturated rings. The highest BCUT2D eigenvalue weighted by Crippen LogP contribution is 2.33. The lowest BCUT2D eigenvalue weighted by Crippen LogP contribution is -2.39. The second kappa shape index (κ2) is 6.66. The van der Waals surface area contributed by atoms with Crippen molar-refractivity contribution in [2.45, 2.75) is 59.0 Å². The molecule has 0 aromatic carbocycles. The molecule has 4 rings (SSSR count). The van der Waals surface area contributed by atoms with Gasteiger partial charge in [-0.25, -0.2) is 4.79 Å². The summed E-state index contributed by atoms with van der Waals surface area (Å²) in [6, 6.07) is 2.16. The quantitative estimate of drug-likeness (QED) is 0.821. The van der Waals surface area contributed by atoms with Crippen molar-refractivity contribution in [3.05, 3.63) is 35.3 Å². The molecule has 3 heterocycles. The zero-order valence-corrected chi connectivity index (χ0v) is 16.7. The van der Waals surface area contributed by atoms with Crippen LogP contribution >= 0.6 is 0 Å². The van der Waals surface area contributed by atoms with E-state index in [1.807, 2.05) is 20.8 Å². The Bertz CT molecular complexity index is 903. The number of hydrogen-bond acceptors (Lipinski definition) is 4. The summed E-state index contributed by atoms with van der Waals surface area (Å²) in [5.41, 5.74) is 4.11. The molecule has 1 aliphatic carbocycles. The van der Waals surface area contributed by atoms with Crippen molar-refractivity contribution in [3.8, 4) is 0 Å². The lowest BCUT2D eigenvalue weighted by molar-refractivity contribution is 0.0270. The number of hydrogen-bond donors (Lipinski definition) is 0. The standard InChI is InChI=1S/C21H28N4O2/c1-14-17(9-12-25-18(13-15-5-6-15)22-23-19(14)25)16-7-10-24(11-8-16)20(26)27-21(2,3)4/h7,9,12,15H,5-6,8,10-11,13H2,1-4H3. The van der Waals surface area contributed by atoms with E-state index in [9.17, 15) is 4.79 Å². The number of nitrogens with zero attached hydrogens (tertiary/aromatic N) is 4. The van der Waals surface area contributed by atoms with Gasteiger partial charge in [0.1, 0.15) is 11.4 Å². The Morgan fingerprint density at radius 2 is 2.07 bits per heavy atom. The fourth-order valence-corrected chi connectivity index (χ4v) is 3.60. The third kappa shape index (κ3) is 3.84. The first-order valence-electron chi connectivity index (χ1n) is 9.82. The molecular weight excluding hydrogens is 340 g/mol. The van der Waals surface area contributed by atoms with Crippen molar-refractivity contribution in [1.82, 2.24) is 19.5 Å². The molecule has 0 N–H and O–H groups in total. The van der Waals surface area contributed by atoms with Crippen LogP contribution in [0.4, 0.5) is 4.79 Å². The van der Waals surface area contributed by atoms with Crippen LogP contribution in [0.2, 0.25) is 0 Å². The Balaban J connectivity index is 1.52. The molecule has 0 radical (unpaired) electrons. The Hall–Kier alpha value is -2.37. The molecule has 1 saturated carbocycles. The number of fused-ring (bicyclic) bond motifs is 1. The minimum Gasteiger partial charge on any atom is -0.444 e. The van der Waals surface area contributed by atoms with E-state index in [1.165, 1.54) is 24.0 Å². The monoisotopic (exact) mass is 368 g/mol. The number of carbonyl (C=O) groups is 1. The van der Waals surface area contributed by atoms with Crippen molar-refractivity contribution >= 4 is 17.3 Å². The molecule has 1 amide bonds. The van der Waals surface area contributed by atoms with Gasteiger partial charge in [-0.2, -0.15) is 0 Å². The van der Waals surface area contributed by atoms with Gasteiger partial charge in [-0.3, -0.25) is 4.40 Å². The second-order valence-corrected chi connectivity index (χ2v) is 8.72. The van der Waals surface area contributed by atoms with Gasteiger partial charge in [0.05, 0.1) is 0 Å². The summed E-state index contributed by atoms with van der Waals surface area (Å²) in [5.74, 6) is 1.85. The van der Waals surface area contributed by atoms with E-state index >= 15 is 0 Å². The van der Waals surface area contributed by atoms with Crippen molar-refractivity contribution in [2.75, 3.05) is 13.1 Å². The molecule has 144 valence electrons. The normalized spacial score (nSPS) is 17.9. The molecule has 0 saturated heterocycles. The van der Waals surface area contributed by atoms with Crippen molar-refractivity contribution in [3.63, 3.8) is 0 Å². The first-order valence-corrected chi connectivity index (χ1v) is 9.82. The van der Waals surface area contributed by atoms with Crippen molar-refractivity contribution < 1.29 is 9.53 Å². The van der Waals surface area contributed by atoms with Crippen LogP contribution in [-0.2, 0) is 11.2 Å². The summed E-state index contributed by atoms with van der Waals surface area (Å²) in [6.07, 6.45) is 8.45. The van der Waals surface area contributed by atoms with Gasteiger partial charge in [-0.1, -0.05) is 6.08 Å². The lowest BCUT2D eigenvalue weighted by atomic mass is 9.97. The third-order valence-corrected chi connectivity index (χ3v) is 5.27. The van der Waals surface area contributed by atoms with E-state index in [0.29, 0.717) is 13.1 Å². The largest absolute Gasteiger partial charge is 0.444 e. The minimum atomic E-state index is -0.464. The molecule has 2 aliphatic rings. The number of pyridine rings is 1. The number of aromatic nitrogens is 3. The highest BCUT2D eigenvalue weighted by atomic mass is 16.6. The Kier molecular flexibility index (Phi) is 4.44. The Labute approximate surface area is 160 Å². The number of rotatable bonds is 3. The highest BCUT2D eigenvalue weighted by molar-refractivity contribution is 5.76. The first kappa shape index (κ1) is 18.0. The van der Waals surface area contributed by atoms with E-state index < -0.39 is 5.60 Å². The fourth-order valence-electron chi connectivity index (χ4n) is 3.60. The maximum atomic E-state index is 12.2. The molecule has 0 bridgehead atoms. The van der Waals surface area contributed by atoms with E-state index in [1.54, 1.807) is 4.90 Å². The van der Waals surface area contributed by atoms with Crippen LogP contribution in [0.3, 0.4) is 0 Å². The van der Waals surface area contributed by atoms with Crippen LogP contribution in [0.15, 0.2) is 18.3 Å². The van der Waals surface area contributed by atoms with Gasteiger partial charge >= 0.3 is 6.09 Å². The average Bonchev–Trinajstić information content (AvgIpc) is 3.33. The molecule has 2 aromatic rings. The summed E-state index contributed by atoms with van der Waals surface area (Å²) in [4.78, 5) is 14.0. The van der Waals surface area contributed by atoms with E-state index in [-0.39, 0.29) is 6.09 Å². The first-order chi connectivity index (χ1) is 12.8. The zero-order chi connectivity index (χ0) is 19.2. The van der Waals surface area contributed by atoms with Crippen LogP contribution in [0.25, 0.3) is 11.2 Å². The highest BCUT2D eigenvalue weighted by Gasteiger charge is 2.26. The van der Waals surface area contributed by atoms with Gasteiger partial charge in [0.15, 0.2) is 5.65 Å². The minimum absolute atomic E-state index is 0.243. The number of carbonyl (C=O) groups excluding carboxylic acids is 1. The molecule has 27 heavy (non-hydrogen) atoms. The van der Waals surface area contributed by atoms with Crippen molar-refractivity contribution in [2.24, 2.45) is 5.92 Å². The predicted octanol–water partition coefficient (Wildman–Crippen LogP) is 4.01. The van der Waals surface area contributed by atoms with Gasteiger partial charge < -0.3 is 9.64 Å². The molecule has 6 nitrogen and oxygen atoms in total. The molecule has 0 spiro atoms. The van der Waals surface area contributed by atoms with Crippen LogP contribution in [0, 0.1) is 12.8 Å². The number of amides is 1. The summed E-state index contributed by atoms with van der Waals surface area (Å²) in [5, 5.41) is 8.86. The SMILES string of the molecule is Cc1c(C2=CCN(C(=O)OC(C)(C)C)CC2)ccn2c(CC3CC3)nnc12. The maximum Gasteiger partial charge on any atom is 0.410 e. The smallest absolute Gasteiger partial charge is 0.410 e. The van der Waals surface area contributed by atoms with Crippen LogP contribution in [0.5, 0.6) is 0 Å². The van der Waals surface area contributed by atoms with Crippen LogP contribution < -0.4 is 0 Å². The third-order valence-electron chi connectivity index (χ3n) is 5.27. The summed E-state index contributed by atoms with van der Waals surface area (Å²) in [7, 11) is 0. The van der Waals surface area contributed by atoms with Gasteiger partial charge in [-0.05, 0) is 70.1 Å². The Morgan fingerprint density at radius 1 is 1.30 bits per heavy atom. The zero-order valence-electron chi connectivity index (χ0n) is 16.7. The lowest BCUT2D eigenvalue weighted by Gasteiger charge is -2.30. The maximum absolute atomic E-state index is 12.2. The molecule has 0 unspecified atom stereocenters. The van der Waals surface area contributed by atoms with Crippen molar-refractivity contribution in [1.29, 1.82) is 0 Å².